The normalized spacial score (nSPS) is 15.3. The molecule has 2 aromatic heterocycles. The molecule has 5 rings (SSSR count). The third kappa shape index (κ3) is 5.21. The van der Waals surface area contributed by atoms with Crippen LogP contribution in [-0.4, -0.2) is 39.0 Å². The third-order valence-electron chi connectivity index (χ3n) is 7.29. The predicted octanol–water partition coefficient (Wildman–Crippen LogP) is 5.56. The average Bonchev–Trinajstić information content (AvgIpc) is 3.28. The molecule has 1 aliphatic carbocycles. The highest BCUT2D eigenvalue weighted by atomic mass is 16.6. The van der Waals surface area contributed by atoms with Gasteiger partial charge < -0.3 is 24.9 Å². The summed E-state index contributed by atoms with van der Waals surface area (Å²) in [4.78, 5) is 30.8. The van der Waals surface area contributed by atoms with Gasteiger partial charge in [-0.2, -0.15) is 4.98 Å². The number of fused-ring (bicyclic) bond motifs is 1. The number of nitrogens with one attached hydrogen (secondary N) is 2. The largest absolute Gasteiger partial charge is 0.444 e. The average molecular weight is 545 g/mol. The number of alkyl carbamates (subject to hydrolysis) is 1. The molecule has 1 fully saturated rings. The highest BCUT2D eigenvalue weighted by Gasteiger charge is 2.41. The lowest BCUT2D eigenvalue weighted by Crippen LogP contribution is -2.52. The molecule has 1 unspecified atom stereocenters. The van der Waals surface area contributed by atoms with Crippen LogP contribution in [0.25, 0.3) is 33.6 Å². The third-order valence-corrected chi connectivity index (χ3v) is 7.29. The van der Waals surface area contributed by atoms with Gasteiger partial charge >= 0.3 is 6.09 Å². The fourth-order valence-corrected chi connectivity index (χ4v) is 5.07. The zero-order chi connectivity index (χ0) is 28.7. The van der Waals surface area contributed by atoms with Crippen LogP contribution in [0.5, 0.6) is 0 Å². The molecule has 2 aromatic carbocycles. The van der Waals surface area contributed by atoms with Crippen molar-refractivity contribution in [3.05, 3.63) is 70.5 Å². The fourth-order valence-electron chi connectivity index (χ4n) is 5.07. The number of nitrogens with zero attached hydrogens (tertiary/aromatic N) is 2. The minimum Gasteiger partial charge on any atom is -0.444 e. The Hall–Kier alpha value is -4.11. The number of ether oxygens (including phenoxy) is 1. The Kier molecular flexibility index (Phi) is 7.18. The Morgan fingerprint density at radius 1 is 1.12 bits per heavy atom. The molecule has 0 bridgehead atoms. The second kappa shape index (κ2) is 10.5. The lowest BCUT2D eigenvalue weighted by molar-refractivity contribution is 0.0377. The summed E-state index contributed by atoms with van der Waals surface area (Å²) in [5.41, 5.74) is 2.20. The molecule has 1 atom stereocenters. The molecule has 1 saturated carbocycles. The number of anilines is 1. The maximum Gasteiger partial charge on any atom is 0.408 e. The molecule has 1 aliphatic rings. The molecular weight excluding hydrogens is 508 g/mol. The summed E-state index contributed by atoms with van der Waals surface area (Å²) in [7, 11) is 1.65. The number of aliphatic hydroxyl groups is 1. The van der Waals surface area contributed by atoms with Crippen LogP contribution in [0.3, 0.4) is 0 Å². The molecule has 0 radical (unpaired) electrons. The van der Waals surface area contributed by atoms with Crippen molar-refractivity contribution in [1.29, 1.82) is 0 Å². The summed E-state index contributed by atoms with van der Waals surface area (Å²) in [6, 6.07) is 17.2. The first-order valence-corrected chi connectivity index (χ1v) is 13.6. The number of rotatable bonds is 7. The zero-order valence-electron chi connectivity index (χ0n) is 23.6. The van der Waals surface area contributed by atoms with E-state index in [0.717, 1.165) is 36.0 Å². The number of carbonyl (C=O) groups excluding carboxylic acids is 1. The van der Waals surface area contributed by atoms with Gasteiger partial charge in [-0.05, 0) is 58.1 Å². The maximum absolute atomic E-state index is 13.6. The van der Waals surface area contributed by atoms with E-state index < -0.39 is 17.2 Å². The molecule has 3 N–H and O–H groups in total. The van der Waals surface area contributed by atoms with Crippen LogP contribution in [0.4, 0.5) is 10.7 Å². The van der Waals surface area contributed by atoms with Crippen LogP contribution >= 0.6 is 0 Å². The van der Waals surface area contributed by atoms with Gasteiger partial charge in [0.05, 0.1) is 12.1 Å². The SMILES string of the molecule is CC(CO)Nc1nc2oc(-c3ccc(C4(NC(=O)OC(C)(C)C)CCC4)cc3)c(-c3ccccc3)c2c(=O)n1C. The van der Waals surface area contributed by atoms with Crippen molar-refractivity contribution in [1.82, 2.24) is 14.9 Å². The Bertz CT molecular complexity index is 1580. The molecule has 4 aromatic rings. The Balaban J connectivity index is 1.58. The number of hydrogen-bond acceptors (Lipinski definition) is 7. The Morgan fingerprint density at radius 3 is 2.38 bits per heavy atom. The summed E-state index contributed by atoms with van der Waals surface area (Å²) in [6.07, 6.45) is 2.24. The minimum absolute atomic E-state index is 0.108. The number of furan rings is 1. The molecule has 9 heteroatoms. The molecule has 2 heterocycles. The summed E-state index contributed by atoms with van der Waals surface area (Å²) < 4.78 is 13.3. The number of benzene rings is 2. The first kappa shape index (κ1) is 27.5. The van der Waals surface area contributed by atoms with Crippen LogP contribution in [-0.2, 0) is 17.3 Å². The molecule has 0 aliphatic heterocycles. The molecule has 210 valence electrons. The van der Waals surface area contributed by atoms with E-state index in [-0.39, 0.29) is 23.9 Å². The van der Waals surface area contributed by atoms with E-state index in [9.17, 15) is 14.7 Å². The van der Waals surface area contributed by atoms with E-state index in [2.05, 4.69) is 15.6 Å². The van der Waals surface area contributed by atoms with Crippen molar-refractivity contribution in [3.8, 4) is 22.5 Å². The number of carbonyl (C=O) groups is 1. The molecule has 0 saturated heterocycles. The van der Waals surface area contributed by atoms with Crippen LogP contribution < -0.4 is 16.2 Å². The van der Waals surface area contributed by atoms with Crippen molar-refractivity contribution < 1.29 is 19.1 Å². The number of aliphatic hydroxyl groups excluding tert-OH is 1. The first-order chi connectivity index (χ1) is 19.0. The molecule has 1 amide bonds. The predicted molar refractivity (Wildman–Crippen MR) is 155 cm³/mol. The van der Waals surface area contributed by atoms with E-state index >= 15 is 0 Å². The lowest BCUT2D eigenvalue weighted by Gasteiger charge is -2.43. The molecule has 40 heavy (non-hydrogen) atoms. The van der Waals surface area contributed by atoms with E-state index in [1.54, 1.807) is 14.0 Å². The molecular formula is C31H36N4O5. The fraction of sp³-hybridized carbons (Fsp3) is 0.387. The highest BCUT2D eigenvalue weighted by molar-refractivity contribution is 6.00. The van der Waals surface area contributed by atoms with Crippen LogP contribution in [0.1, 0.15) is 52.5 Å². The van der Waals surface area contributed by atoms with Crippen LogP contribution in [0.15, 0.2) is 63.8 Å². The van der Waals surface area contributed by atoms with Crippen molar-refractivity contribution in [2.24, 2.45) is 7.05 Å². The smallest absolute Gasteiger partial charge is 0.408 e. The van der Waals surface area contributed by atoms with Crippen molar-refractivity contribution in [2.75, 3.05) is 11.9 Å². The van der Waals surface area contributed by atoms with Gasteiger partial charge in [-0.3, -0.25) is 9.36 Å². The highest BCUT2D eigenvalue weighted by Crippen LogP contribution is 2.43. The van der Waals surface area contributed by atoms with Gasteiger partial charge in [0.15, 0.2) is 0 Å². The lowest BCUT2D eigenvalue weighted by atomic mass is 9.71. The summed E-state index contributed by atoms with van der Waals surface area (Å²) >= 11 is 0. The van der Waals surface area contributed by atoms with Crippen LogP contribution in [0.2, 0.25) is 0 Å². The van der Waals surface area contributed by atoms with Crippen molar-refractivity contribution in [2.45, 2.75) is 64.1 Å². The van der Waals surface area contributed by atoms with Gasteiger partial charge in [0.1, 0.15) is 16.7 Å². The number of hydrogen-bond donors (Lipinski definition) is 3. The maximum atomic E-state index is 13.6. The van der Waals surface area contributed by atoms with Gasteiger partial charge in [-0.25, -0.2) is 4.79 Å². The first-order valence-electron chi connectivity index (χ1n) is 13.6. The van der Waals surface area contributed by atoms with Gasteiger partial charge in [0, 0.05) is 24.2 Å². The topological polar surface area (TPSA) is 119 Å². The number of amides is 1. The van der Waals surface area contributed by atoms with Gasteiger partial charge in [0.2, 0.25) is 11.7 Å². The minimum atomic E-state index is -0.579. The van der Waals surface area contributed by atoms with Gasteiger partial charge in [0.25, 0.3) is 5.56 Å². The van der Waals surface area contributed by atoms with Crippen LogP contribution in [0, 0.1) is 0 Å². The van der Waals surface area contributed by atoms with E-state index in [0.29, 0.717) is 22.7 Å². The molecule has 0 spiro atoms. The number of aromatic nitrogens is 2. The molecule has 9 nitrogen and oxygen atoms in total. The Morgan fingerprint density at radius 2 is 1.80 bits per heavy atom. The van der Waals surface area contributed by atoms with E-state index in [1.165, 1.54) is 4.57 Å². The summed E-state index contributed by atoms with van der Waals surface area (Å²) in [5.74, 6) is 0.849. The second-order valence-corrected chi connectivity index (χ2v) is 11.5. The van der Waals surface area contributed by atoms with Gasteiger partial charge in [-0.1, -0.05) is 54.6 Å². The van der Waals surface area contributed by atoms with Crippen molar-refractivity contribution in [3.63, 3.8) is 0 Å². The standard InChI is InChI=1S/C31H36N4O5/c1-19(18-36)32-28-33-26-24(27(37)35(28)5)23(20-10-7-6-8-11-20)25(39-26)21-12-14-22(15-13-21)31(16-9-17-31)34-29(38)40-30(2,3)4/h6-8,10-15,19,36H,9,16-18H2,1-5H3,(H,32,33)(H,34,38). The Labute approximate surface area is 233 Å². The quantitative estimate of drug-likeness (QED) is 0.279. The summed E-state index contributed by atoms with van der Waals surface area (Å²) in [6.45, 7) is 7.24. The van der Waals surface area contributed by atoms with Gasteiger partial charge in [-0.15, -0.1) is 0 Å². The van der Waals surface area contributed by atoms with Crippen molar-refractivity contribution >= 4 is 23.1 Å². The van der Waals surface area contributed by atoms with E-state index in [4.69, 9.17) is 9.15 Å². The zero-order valence-corrected chi connectivity index (χ0v) is 23.6. The second-order valence-electron chi connectivity index (χ2n) is 11.5. The summed E-state index contributed by atoms with van der Waals surface area (Å²) in [5, 5.41) is 16.0. The monoisotopic (exact) mass is 544 g/mol. The van der Waals surface area contributed by atoms with E-state index in [1.807, 2.05) is 75.4 Å².